The van der Waals surface area contributed by atoms with Crippen molar-refractivity contribution in [2.75, 3.05) is 0 Å². The Morgan fingerprint density at radius 3 is 2.43 bits per heavy atom. The van der Waals surface area contributed by atoms with Gasteiger partial charge in [0.1, 0.15) is 5.69 Å². The van der Waals surface area contributed by atoms with Crippen molar-refractivity contribution in [2.45, 2.75) is 44.1 Å². The molecule has 2 N–H and O–H groups in total. The van der Waals surface area contributed by atoms with Gasteiger partial charge >= 0.3 is 0 Å². The number of nitrogens with zero attached hydrogens (tertiary/aromatic N) is 3. The predicted molar refractivity (Wildman–Crippen MR) is 54.6 cm³/mol. The molecule has 4 nitrogen and oxygen atoms in total. The summed E-state index contributed by atoms with van der Waals surface area (Å²) in [5, 5.41) is 8.42. The van der Waals surface area contributed by atoms with Crippen molar-refractivity contribution in [3.8, 4) is 0 Å². The summed E-state index contributed by atoms with van der Waals surface area (Å²) in [6.07, 6.45) is 8.95. The van der Waals surface area contributed by atoms with Crippen LogP contribution in [-0.2, 0) is 12.6 Å². The van der Waals surface area contributed by atoms with E-state index in [0.29, 0.717) is 0 Å². The van der Waals surface area contributed by atoms with Gasteiger partial charge in [0.15, 0.2) is 0 Å². The van der Waals surface area contributed by atoms with E-state index in [1.54, 1.807) is 4.80 Å². The summed E-state index contributed by atoms with van der Waals surface area (Å²) in [6, 6.07) is 0. The maximum absolute atomic E-state index is 6.38. The summed E-state index contributed by atoms with van der Waals surface area (Å²) in [5.74, 6) is 0. The van der Waals surface area contributed by atoms with Gasteiger partial charge in [0.05, 0.1) is 11.7 Å². The van der Waals surface area contributed by atoms with Gasteiger partial charge in [-0.2, -0.15) is 15.0 Å². The molecule has 1 aromatic rings. The highest BCUT2D eigenvalue weighted by Crippen LogP contribution is 2.31. The highest BCUT2D eigenvalue weighted by molar-refractivity contribution is 5.09. The van der Waals surface area contributed by atoms with Crippen LogP contribution in [0.1, 0.15) is 44.2 Å². The largest absolute Gasteiger partial charge is 0.320 e. The molecular weight excluding hydrogens is 176 g/mol. The second-order valence-corrected chi connectivity index (χ2v) is 4.29. The normalized spacial score (nSPS) is 21.9. The van der Waals surface area contributed by atoms with Gasteiger partial charge in [-0.3, -0.25) is 0 Å². The summed E-state index contributed by atoms with van der Waals surface area (Å²) in [5.41, 5.74) is 7.12. The van der Waals surface area contributed by atoms with E-state index >= 15 is 0 Å². The average molecular weight is 194 g/mol. The molecule has 1 aromatic heterocycles. The number of hydrogen-bond acceptors (Lipinski definition) is 3. The van der Waals surface area contributed by atoms with Crippen molar-refractivity contribution in [1.29, 1.82) is 0 Å². The zero-order valence-electron chi connectivity index (χ0n) is 8.74. The summed E-state index contributed by atoms with van der Waals surface area (Å²) in [7, 11) is 1.84. The number of rotatable bonds is 1. The number of hydrogen-bond donors (Lipinski definition) is 1. The quantitative estimate of drug-likeness (QED) is 0.686. The lowest BCUT2D eigenvalue weighted by Gasteiger charge is -2.25. The second kappa shape index (κ2) is 3.69. The fraction of sp³-hybridized carbons (Fsp3) is 0.800. The van der Waals surface area contributed by atoms with E-state index in [-0.39, 0.29) is 5.54 Å². The average Bonchev–Trinajstić information content (AvgIpc) is 2.47. The molecule has 0 aromatic carbocycles. The van der Waals surface area contributed by atoms with Crippen LogP contribution in [0.2, 0.25) is 0 Å². The number of nitrogens with two attached hydrogens (primary N) is 1. The molecule has 2 rings (SSSR count). The molecule has 0 aliphatic heterocycles. The Labute approximate surface area is 84.5 Å². The van der Waals surface area contributed by atoms with E-state index in [9.17, 15) is 0 Å². The van der Waals surface area contributed by atoms with Crippen LogP contribution in [0.5, 0.6) is 0 Å². The molecule has 1 aliphatic carbocycles. The van der Waals surface area contributed by atoms with Gasteiger partial charge in [-0.15, -0.1) is 0 Å². The smallest absolute Gasteiger partial charge is 0.102 e. The van der Waals surface area contributed by atoms with E-state index in [4.69, 9.17) is 5.73 Å². The predicted octanol–water partition coefficient (Wildman–Crippen LogP) is 1.32. The van der Waals surface area contributed by atoms with Gasteiger partial charge in [-0.25, -0.2) is 0 Å². The van der Waals surface area contributed by atoms with E-state index in [1.165, 1.54) is 25.7 Å². The molecule has 14 heavy (non-hydrogen) atoms. The standard InChI is InChI=1S/C10H18N4/c1-14-12-8-9(13-14)10(11)6-4-2-3-5-7-10/h8H,2-7,11H2,1H3. The van der Waals surface area contributed by atoms with Crippen LogP contribution < -0.4 is 5.73 Å². The molecule has 4 heteroatoms. The van der Waals surface area contributed by atoms with Crippen LogP contribution >= 0.6 is 0 Å². The molecule has 1 saturated carbocycles. The molecule has 0 spiro atoms. The van der Waals surface area contributed by atoms with Gasteiger partial charge in [0.2, 0.25) is 0 Å². The molecule has 1 heterocycles. The lowest BCUT2D eigenvalue weighted by molar-refractivity contribution is 0.370. The first-order chi connectivity index (χ1) is 6.71. The van der Waals surface area contributed by atoms with Crippen LogP contribution in [0.15, 0.2) is 6.20 Å². The van der Waals surface area contributed by atoms with Crippen LogP contribution in [0, 0.1) is 0 Å². The minimum Gasteiger partial charge on any atom is -0.320 e. The monoisotopic (exact) mass is 194 g/mol. The van der Waals surface area contributed by atoms with E-state index in [0.717, 1.165) is 18.5 Å². The Morgan fingerprint density at radius 2 is 1.93 bits per heavy atom. The van der Waals surface area contributed by atoms with Crippen molar-refractivity contribution in [3.05, 3.63) is 11.9 Å². The summed E-state index contributed by atoms with van der Waals surface area (Å²) >= 11 is 0. The first-order valence-corrected chi connectivity index (χ1v) is 5.36. The number of aromatic nitrogens is 3. The second-order valence-electron chi connectivity index (χ2n) is 4.29. The fourth-order valence-corrected chi connectivity index (χ4v) is 2.19. The zero-order chi connectivity index (χ0) is 10.0. The molecule has 0 saturated heterocycles. The lowest BCUT2D eigenvalue weighted by atomic mass is 9.88. The summed E-state index contributed by atoms with van der Waals surface area (Å²) in [4.78, 5) is 1.59. The molecule has 0 bridgehead atoms. The van der Waals surface area contributed by atoms with Crippen LogP contribution in [0.4, 0.5) is 0 Å². The first-order valence-electron chi connectivity index (χ1n) is 5.36. The highest BCUT2D eigenvalue weighted by atomic mass is 15.5. The molecule has 0 unspecified atom stereocenters. The van der Waals surface area contributed by atoms with Crippen LogP contribution in [-0.4, -0.2) is 15.0 Å². The Bertz CT molecular complexity index is 297. The third-order valence-corrected chi connectivity index (χ3v) is 3.11. The van der Waals surface area contributed by atoms with Crippen molar-refractivity contribution in [3.63, 3.8) is 0 Å². The maximum atomic E-state index is 6.38. The fourth-order valence-electron chi connectivity index (χ4n) is 2.19. The van der Waals surface area contributed by atoms with Gasteiger partial charge in [0, 0.05) is 7.05 Å². The van der Waals surface area contributed by atoms with Crippen LogP contribution in [0.25, 0.3) is 0 Å². The molecule has 0 atom stereocenters. The van der Waals surface area contributed by atoms with Crippen molar-refractivity contribution < 1.29 is 0 Å². The Morgan fingerprint density at radius 1 is 1.29 bits per heavy atom. The SMILES string of the molecule is Cn1ncc(C2(N)CCCCCC2)n1. The molecule has 0 amide bonds. The topological polar surface area (TPSA) is 56.7 Å². The van der Waals surface area contributed by atoms with Gasteiger partial charge in [-0.05, 0) is 12.8 Å². The molecule has 1 aliphatic rings. The van der Waals surface area contributed by atoms with Gasteiger partial charge in [0.25, 0.3) is 0 Å². The van der Waals surface area contributed by atoms with E-state index < -0.39 is 0 Å². The minimum atomic E-state index is -0.217. The Kier molecular flexibility index (Phi) is 2.54. The minimum absolute atomic E-state index is 0.217. The van der Waals surface area contributed by atoms with Crippen molar-refractivity contribution in [1.82, 2.24) is 15.0 Å². The molecular formula is C10H18N4. The lowest BCUT2D eigenvalue weighted by Crippen LogP contribution is -2.36. The maximum Gasteiger partial charge on any atom is 0.102 e. The summed E-state index contributed by atoms with van der Waals surface area (Å²) < 4.78 is 0. The van der Waals surface area contributed by atoms with Gasteiger partial charge < -0.3 is 5.73 Å². The van der Waals surface area contributed by atoms with Crippen molar-refractivity contribution in [2.24, 2.45) is 12.8 Å². The third kappa shape index (κ3) is 1.80. The van der Waals surface area contributed by atoms with Crippen LogP contribution in [0.3, 0.4) is 0 Å². The van der Waals surface area contributed by atoms with E-state index in [2.05, 4.69) is 10.2 Å². The van der Waals surface area contributed by atoms with Crippen molar-refractivity contribution >= 4 is 0 Å². The Balaban J connectivity index is 2.20. The first kappa shape index (κ1) is 9.65. The Hall–Kier alpha value is -0.900. The molecule has 78 valence electrons. The van der Waals surface area contributed by atoms with E-state index in [1.807, 2.05) is 13.2 Å². The highest BCUT2D eigenvalue weighted by Gasteiger charge is 2.30. The molecule has 0 radical (unpaired) electrons. The van der Waals surface area contributed by atoms with Gasteiger partial charge in [-0.1, -0.05) is 25.7 Å². The summed E-state index contributed by atoms with van der Waals surface area (Å²) in [6.45, 7) is 0. The molecule has 1 fully saturated rings. The third-order valence-electron chi connectivity index (χ3n) is 3.11. The number of aryl methyl sites for hydroxylation is 1. The zero-order valence-corrected chi connectivity index (χ0v) is 8.74.